The number of aryl methyl sites for hydroxylation is 1. The van der Waals surface area contributed by atoms with Crippen LogP contribution in [0, 0.1) is 6.92 Å². The van der Waals surface area contributed by atoms with E-state index in [4.69, 9.17) is 11.6 Å². The van der Waals surface area contributed by atoms with Crippen LogP contribution >= 0.6 is 11.6 Å². The van der Waals surface area contributed by atoms with Crippen LogP contribution in [0.25, 0.3) is 0 Å². The molecule has 0 bridgehead atoms. The number of halogens is 4. The molecule has 0 atom stereocenters. The van der Waals surface area contributed by atoms with Crippen LogP contribution in [0.5, 0.6) is 0 Å². The second-order valence-electron chi connectivity index (χ2n) is 5.39. The zero-order chi connectivity index (χ0) is 18.1. The van der Waals surface area contributed by atoms with E-state index in [1.54, 1.807) is 12.1 Å². The van der Waals surface area contributed by atoms with Gasteiger partial charge in [-0.15, -0.1) is 0 Å². The number of nitrogens with zero attached hydrogens (tertiary/aromatic N) is 1. The Bertz CT molecular complexity index is 833. The first kappa shape index (κ1) is 18.8. The van der Waals surface area contributed by atoms with Crippen molar-refractivity contribution in [1.29, 1.82) is 0 Å². The summed E-state index contributed by atoms with van der Waals surface area (Å²) in [6, 6.07) is 9.42. The molecule has 0 aliphatic rings. The fourth-order valence-electron chi connectivity index (χ4n) is 2.08. The van der Waals surface area contributed by atoms with Gasteiger partial charge in [-0.3, -0.25) is 0 Å². The molecule has 24 heavy (non-hydrogen) atoms. The average molecular weight is 378 g/mol. The van der Waals surface area contributed by atoms with Crippen LogP contribution in [-0.2, 0) is 22.7 Å². The lowest BCUT2D eigenvalue weighted by Crippen LogP contribution is -2.27. The molecular weight excluding hydrogens is 363 g/mol. The summed E-state index contributed by atoms with van der Waals surface area (Å²) in [4.78, 5) is -0.561. The van der Waals surface area contributed by atoms with E-state index in [1.165, 1.54) is 7.05 Å². The summed E-state index contributed by atoms with van der Waals surface area (Å²) in [6.07, 6.45) is -4.65. The molecule has 0 radical (unpaired) electrons. The van der Waals surface area contributed by atoms with Crippen molar-refractivity contribution in [2.45, 2.75) is 24.5 Å². The molecule has 2 rings (SSSR count). The van der Waals surface area contributed by atoms with Crippen LogP contribution in [0.4, 0.5) is 13.2 Å². The van der Waals surface area contributed by atoms with Crippen LogP contribution in [0.15, 0.2) is 47.4 Å². The van der Waals surface area contributed by atoms with Gasteiger partial charge in [0.2, 0.25) is 10.0 Å². The van der Waals surface area contributed by atoms with Gasteiger partial charge < -0.3 is 0 Å². The van der Waals surface area contributed by atoms with E-state index < -0.39 is 26.7 Å². The Kier molecular flexibility index (Phi) is 5.27. The van der Waals surface area contributed by atoms with E-state index in [1.807, 2.05) is 19.1 Å². The summed E-state index contributed by atoms with van der Waals surface area (Å²) in [5.74, 6) is 0. The summed E-state index contributed by atoms with van der Waals surface area (Å²) >= 11 is 5.83. The third-order valence-corrected chi connectivity index (χ3v) is 5.76. The van der Waals surface area contributed by atoms with Gasteiger partial charge in [0.15, 0.2) is 0 Å². The molecule has 130 valence electrons. The highest BCUT2D eigenvalue weighted by Gasteiger charge is 2.33. The van der Waals surface area contributed by atoms with E-state index in [9.17, 15) is 21.6 Å². The fourth-order valence-corrected chi connectivity index (χ4v) is 3.74. The summed E-state index contributed by atoms with van der Waals surface area (Å²) in [7, 11) is -2.86. The van der Waals surface area contributed by atoms with Crippen LogP contribution in [-0.4, -0.2) is 19.8 Å². The molecule has 0 saturated heterocycles. The van der Waals surface area contributed by atoms with Gasteiger partial charge in [0, 0.05) is 13.6 Å². The summed E-state index contributed by atoms with van der Waals surface area (Å²) in [6.45, 7) is 1.92. The molecule has 0 unspecified atom stereocenters. The number of hydrogen-bond donors (Lipinski definition) is 0. The molecule has 8 heteroatoms. The lowest BCUT2D eigenvalue weighted by Gasteiger charge is -2.19. The van der Waals surface area contributed by atoms with E-state index in [2.05, 4.69) is 0 Å². The number of hydrogen-bond acceptors (Lipinski definition) is 2. The van der Waals surface area contributed by atoms with Crippen LogP contribution in [0.3, 0.4) is 0 Å². The lowest BCUT2D eigenvalue weighted by molar-refractivity contribution is -0.137. The maximum absolute atomic E-state index is 12.8. The third-order valence-electron chi connectivity index (χ3n) is 3.47. The average Bonchev–Trinajstić information content (AvgIpc) is 2.48. The maximum atomic E-state index is 12.8. The fraction of sp³-hybridized carbons (Fsp3) is 0.250. The summed E-state index contributed by atoms with van der Waals surface area (Å²) < 4.78 is 64.6. The van der Waals surface area contributed by atoms with E-state index in [0.717, 1.165) is 27.6 Å². The topological polar surface area (TPSA) is 37.4 Å². The van der Waals surface area contributed by atoms with Crippen molar-refractivity contribution in [2.24, 2.45) is 0 Å². The highest BCUT2D eigenvalue weighted by Crippen LogP contribution is 2.34. The van der Waals surface area contributed by atoms with Crippen molar-refractivity contribution in [3.8, 4) is 0 Å². The van der Waals surface area contributed by atoms with Crippen molar-refractivity contribution in [3.05, 3.63) is 64.2 Å². The molecular formula is C16H15ClF3NO2S. The minimum atomic E-state index is -4.65. The first-order valence-corrected chi connectivity index (χ1v) is 8.72. The number of sulfonamides is 1. The maximum Gasteiger partial charge on any atom is 0.416 e. The largest absolute Gasteiger partial charge is 0.416 e. The van der Waals surface area contributed by atoms with E-state index >= 15 is 0 Å². The molecule has 0 fully saturated rings. The zero-order valence-electron chi connectivity index (χ0n) is 12.9. The van der Waals surface area contributed by atoms with Crippen LogP contribution in [0.2, 0.25) is 5.02 Å². The number of alkyl halides is 3. The number of benzene rings is 2. The molecule has 0 heterocycles. The Labute approximate surface area is 143 Å². The molecule has 0 aliphatic heterocycles. The predicted molar refractivity (Wildman–Crippen MR) is 86.3 cm³/mol. The molecule has 0 amide bonds. The second-order valence-corrected chi connectivity index (χ2v) is 7.81. The lowest BCUT2D eigenvalue weighted by atomic mass is 10.1. The highest BCUT2D eigenvalue weighted by atomic mass is 35.5. The molecule has 2 aromatic carbocycles. The molecule has 0 N–H and O–H groups in total. The SMILES string of the molecule is Cc1ccc(CN(C)S(=O)(=O)c2cc(C(F)(F)F)ccc2Cl)cc1. The third kappa shape index (κ3) is 4.09. The van der Waals surface area contributed by atoms with Crippen LogP contribution < -0.4 is 0 Å². The Morgan fingerprint density at radius 2 is 1.67 bits per heavy atom. The zero-order valence-corrected chi connectivity index (χ0v) is 14.5. The first-order valence-electron chi connectivity index (χ1n) is 6.90. The van der Waals surface area contributed by atoms with Gasteiger partial charge in [0.25, 0.3) is 0 Å². The van der Waals surface area contributed by atoms with Crippen molar-refractivity contribution in [1.82, 2.24) is 4.31 Å². The summed E-state index contributed by atoms with van der Waals surface area (Å²) in [5.41, 5.74) is 0.675. The Balaban J connectivity index is 2.37. The monoisotopic (exact) mass is 377 g/mol. The van der Waals surface area contributed by atoms with Crippen molar-refractivity contribution in [2.75, 3.05) is 7.05 Å². The van der Waals surface area contributed by atoms with Gasteiger partial charge in [-0.1, -0.05) is 41.4 Å². The van der Waals surface area contributed by atoms with Crippen molar-refractivity contribution >= 4 is 21.6 Å². The van der Waals surface area contributed by atoms with E-state index in [0.29, 0.717) is 6.07 Å². The summed E-state index contributed by atoms with van der Waals surface area (Å²) in [5, 5.41) is -0.251. The molecule has 0 spiro atoms. The molecule has 0 saturated carbocycles. The van der Waals surface area contributed by atoms with Gasteiger partial charge in [-0.05, 0) is 30.7 Å². The van der Waals surface area contributed by atoms with Gasteiger partial charge in [-0.2, -0.15) is 17.5 Å². The Morgan fingerprint density at radius 3 is 2.21 bits per heavy atom. The van der Waals surface area contributed by atoms with Gasteiger partial charge in [0.1, 0.15) is 4.90 Å². The predicted octanol–water partition coefficient (Wildman–Crippen LogP) is 4.49. The quantitative estimate of drug-likeness (QED) is 0.787. The Morgan fingerprint density at radius 1 is 1.08 bits per heavy atom. The second kappa shape index (κ2) is 6.74. The molecule has 0 aromatic heterocycles. The molecule has 3 nitrogen and oxygen atoms in total. The van der Waals surface area contributed by atoms with E-state index in [-0.39, 0.29) is 11.6 Å². The minimum absolute atomic E-state index is 0.0230. The first-order chi connectivity index (χ1) is 11.0. The smallest absolute Gasteiger partial charge is 0.207 e. The van der Waals surface area contributed by atoms with Crippen LogP contribution in [0.1, 0.15) is 16.7 Å². The molecule has 2 aromatic rings. The minimum Gasteiger partial charge on any atom is -0.207 e. The number of rotatable bonds is 4. The highest BCUT2D eigenvalue weighted by molar-refractivity contribution is 7.89. The van der Waals surface area contributed by atoms with Gasteiger partial charge >= 0.3 is 6.18 Å². The van der Waals surface area contributed by atoms with Crippen molar-refractivity contribution in [3.63, 3.8) is 0 Å². The molecule has 0 aliphatic carbocycles. The van der Waals surface area contributed by atoms with Gasteiger partial charge in [0.05, 0.1) is 10.6 Å². The van der Waals surface area contributed by atoms with Crippen molar-refractivity contribution < 1.29 is 21.6 Å². The normalized spacial score (nSPS) is 12.6. The van der Waals surface area contributed by atoms with Gasteiger partial charge in [-0.25, -0.2) is 8.42 Å². The standard InChI is InChI=1S/C16H15ClF3NO2S/c1-11-3-5-12(6-4-11)10-21(2)24(22,23)15-9-13(16(18,19)20)7-8-14(15)17/h3-9H,10H2,1-2H3. The Hall–Kier alpha value is -1.57.